The largest absolute Gasteiger partial charge is 0.497 e. The molecule has 0 bridgehead atoms. The lowest BCUT2D eigenvalue weighted by atomic mass is 9.96. The first-order chi connectivity index (χ1) is 14.7. The number of ether oxygens (including phenoxy) is 1. The van der Waals surface area contributed by atoms with Crippen molar-refractivity contribution < 1.29 is 27.2 Å². The Morgan fingerprint density at radius 3 is 2.71 bits per heavy atom. The third-order valence-electron chi connectivity index (χ3n) is 5.32. The van der Waals surface area contributed by atoms with E-state index >= 15 is 0 Å². The van der Waals surface area contributed by atoms with Crippen LogP contribution < -0.4 is 9.64 Å². The van der Waals surface area contributed by atoms with E-state index in [-0.39, 0.29) is 29.5 Å². The molecule has 1 unspecified atom stereocenters. The molecule has 1 fully saturated rings. The van der Waals surface area contributed by atoms with Crippen molar-refractivity contribution in [1.82, 2.24) is 14.6 Å². The van der Waals surface area contributed by atoms with Gasteiger partial charge in [0.25, 0.3) is 0 Å². The number of nitro groups is 1. The molecule has 0 spiro atoms. The molecule has 1 aliphatic rings. The second kappa shape index (κ2) is 7.67. The summed E-state index contributed by atoms with van der Waals surface area (Å²) in [7, 11) is 1.32. The van der Waals surface area contributed by atoms with Gasteiger partial charge in [-0.15, -0.1) is 10.2 Å². The van der Waals surface area contributed by atoms with Crippen LogP contribution in [0.3, 0.4) is 0 Å². The second-order valence-electron chi connectivity index (χ2n) is 7.22. The summed E-state index contributed by atoms with van der Waals surface area (Å²) in [6.45, 7) is 0.610. The number of halogens is 4. The molecule has 0 amide bonds. The van der Waals surface area contributed by atoms with E-state index in [1.807, 2.05) is 0 Å². The lowest BCUT2D eigenvalue weighted by Crippen LogP contribution is -2.35. The number of hydrogen-bond donors (Lipinski definition) is 0. The van der Waals surface area contributed by atoms with Gasteiger partial charge in [0.2, 0.25) is 5.82 Å². The zero-order valence-electron chi connectivity index (χ0n) is 16.3. The molecule has 31 heavy (non-hydrogen) atoms. The van der Waals surface area contributed by atoms with Gasteiger partial charge in [-0.1, -0.05) is 0 Å². The summed E-state index contributed by atoms with van der Waals surface area (Å²) in [5.74, 6) is -0.940. The van der Waals surface area contributed by atoms with Gasteiger partial charge >= 0.3 is 11.9 Å². The number of fused-ring (bicyclic) bond motifs is 1. The number of hydrogen-bond acceptors (Lipinski definition) is 6. The van der Waals surface area contributed by atoms with Crippen LogP contribution in [0.5, 0.6) is 5.75 Å². The van der Waals surface area contributed by atoms with Gasteiger partial charge in [-0.2, -0.15) is 17.6 Å². The van der Waals surface area contributed by atoms with E-state index in [0.29, 0.717) is 25.2 Å². The Balaban J connectivity index is 1.72. The molecular formula is C19H17F4N5O3. The molecule has 0 N–H and O–H groups in total. The Hall–Kier alpha value is -3.44. The number of rotatable bonds is 4. The number of nitrogens with zero attached hydrogens (tertiary/aromatic N) is 5. The lowest BCUT2D eigenvalue weighted by molar-refractivity contribution is -0.386. The second-order valence-corrected chi connectivity index (χ2v) is 7.22. The topological polar surface area (TPSA) is 85.8 Å². The van der Waals surface area contributed by atoms with Gasteiger partial charge in [-0.05, 0) is 25.0 Å². The van der Waals surface area contributed by atoms with Gasteiger partial charge in [0, 0.05) is 37.3 Å². The van der Waals surface area contributed by atoms with Gasteiger partial charge in [-0.25, -0.2) is 0 Å². The molecule has 1 saturated heterocycles. The van der Waals surface area contributed by atoms with Crippen molar-refractivity contribution in [2.24, 2.45) is 0 Å². The van der Waals surface area contributed by atoms with Crippen molar-refractivity contribution in [3.05, 3.63) is 57.8 Å². The van der Waals surface area contributed by atoms with Gasteiger partial charge in [0.1, 0.15) is 17.3 Å². The van der Waals surface area contributed by atoms with Crippen LogP contribution in [0.1, 0.15) is 30.1 Å². The Kier molecular flexibility index (Phi) is 5.15. The number of alkyl halides is 3. The molecule has 164 valence electrons. The average molecular weight is 439 g/mol. The van der Waals surface area contributed by atoms with E-state index in [0.717, 1.165) is 18.3 Å². The molecule has 1 atom stereocenters. The standard InChI is InChI=1S/C19H17F4N5O3/c1-31-13-7-14(20)17(28(29)30)15(8-13)26-6-2-3-11(9-26)18-25-24-16-5-4-12(10-27(16)18)19(21,22)23/h4-5,7-8,10-11H,2-3,6,9H2,1H3. The average Bonchev–Trinajstić information content (AvgIpc) is 3.15. The first-order valence-corrected chi connectivity index (χ1v) is 9.37. The van der Waals surface area contributed by atoms with Crippen molar-refractivity contribution in [3.63, 3.8) is 0 Å². The Bertz CT molecular complexity index is 1150. The van der Waals surface area contributed by atoms with Crippen LogP contribution in [0, 0.1) is 15.9 Å². The molecule has 8 nitrogen and oxygen atoms in total. The highest BCUT2D eigenvalue weighted by atomic mass is 19.4. The maximum absolute atomic E-state index is 14.4. The number of methoxy groups -OCH3 is 1. The highest BCUT2D eigenvalue weighted by Crippen LogP contribution is 2.39. The third kappa shape index (κ3) is 3.84. The van der Waals surface area contributed by atoms with Crippen molar-refractivity contribution in [2.45, 2.75) is 24.9 Å². The molecule has 0 saturated carbocycles. The van der Waals surface area contributed by atoms with E-state index < -0.39 is 28.2 Å². The summed E-state index contributed by atoms with van der Waals surface area (Å²) in [5, 5.41) is 19.5. The van der Waals surface area contributed by atoms with Crippen LogP contribution in [0.15, 0.2) is 30.5 Å². The number of benzene rings is 1. The number of aromatic nitrogens is 3. The minimum Gasteiger partial charge on any atom is -0.497 e. The van der Waals surface area contributed by atoms with E-state index in [1.54, 1.807) is 4.90 Å². The summed E-state index contributed by atoms with van der Waals surface area (Å²) in [5.41, 5.74) is -1.19. The van der Waals surface area contributed by atoms with Gasteiger partial charge < -0.3 is 9.64 Å². The number of anilines is 1. The van der Waals surface area contributed by atoms with E-state index in [4.69, 9.17) is 4.74 Å². The van der Waals surface area contributed by atoms with Gasteiger partial charge in [0.15, 0.2) is 5.65 Å². The van der Waals surface area contributed by atoms with E-state index in [2.05, 4.69) is 10.2 Å². The summed E-state index contributed by atoms with van der Waals surface area (Å²) in [4.78, 5) is 12.3. The number of piperidine rings is 1. The molecule has 1 aromatic carbocycles. The SMILES string of the molecule is COc1cc(F)c([N+](=O)[O-])c(N2CCCC(c3nnc4ccc(C(F)(F)F)cn34)C2)c1. The zero-order valence-corrected chi connectivity index (χ0v) is 16.3. The number of pyridine rings is 1. The van der Waals surface area contributed by atoms with Crippen LogP contribution in [0.2, 0.25) is 0 Å². The third-order valence-corrected chi connectivity index (χ3v) is 5.32. The first kappa shape index (κ1) is 20.8. The highest BCUT2D eigenvalue weighted by Gasteiger charge is 2.34. The lowest BCUT2D eigenvalue weighted by Gasteiger charge is -2.33. The minimum atomic E-state index is -4.52. The van der Waals surface area contributed by atoms with Crippen molar-refractivity contribution in [1.29, 1.82) is 0 Å². The Morgan fingerprint density at radius 1 is 1.26 bits per heavy atom. The number of nitro benzene ring substituents is 1. The summed E-state index contributed by atoms with van der Waals surface area (Å²) >= 11 is 0. The van der Waals surface area contributed by atoms with Crippen LogP contribution in [0.25, 0.3) is 5.65 Å². The highest BCUT2D eigenvalue weighted by molar-refractivity contribution is 5.67. The molecular weight excluding hydrogens is 422 g/mol. The molecule has 0 radical (unpaired) electrons. The van der Waals surface area contributed by atoms with Crippen molar-refractivity contribution in [3.8, 4) is 5.75 Å². The monoisotopic (exact) mass is 439 g/mol. The molecule has 2 aromatic heterocycles. The minimum absolute atomic E-state index is 0.0522. The fraction of sp³-hybridized carbons (Fsp3) is 0.368. The first-order valence-electron chi connectivity index (χ1n) is 9.37. The summed E-state index contributed by atoms with van der Waals surface area (Å²) in [6, 6.07) is 4.49. The molecule has 3 heterocycles. The van der Waals surface area contributed by atoms with E-state index in [1.165, 1.54) is 23.6 Å². The fourth-order valence-corrected chi connectivity index (χ4v) is 3.86. The molecule has 3 aromatic rings. The van der Waals surface area contributed by atoms with E-state index in [9.17, 15) is 27.7 Å². The van der Waals surface area contributed by atoms with Gasteiger partial charge in [-0.3, -0.25) is 14.5 Å². The van der Waals surface area contributed by atoms with Crippen molar-refractivity contribution >= 4 is 17.0 Å². The summed E-state index contributed by atoms with van der Waals surface area (Å²) in [6.07, 6.45) is -2.41. The normalized spacial score (nSPS) is 17.2. The maximum Gasteiger partial charge on any atom is 0.417 e. The van der Waals surface area contributed by atoms with Crippen LogP contribution in [-0.4, -0.2) is 39.7 Å². The van der Waals surface area contributed by atoms with Crippen molar-refractivity contribution in [2.75, 3.05) is 25.1 Å². The Labute approximate surface area is 173 Å². The molecule has 0 aliphatic carbocycles. The van der Waals surface area contributed by atoms with Gasteiger partial charge in [0.05, 0.1) is 17.6 Å². The fourth-order valence-electron chi connectivity index (χ4n) is 3.86. The predicted octanol–water partition coefficient (Wildman–Crippen LogP) is 4.19. The maximum atomic E-state index is 14.4. The smallest absolute Gasteiger partial charge is 0.417 e. The molecule has 4 rings (SSSR count). The van der Waals surface area contributed by atoms with Crippen LogP contribution in [0.4, 0.5) is 28.9 Å². The van der Waals surface area contributed by atoms with Crippen LogP contribution >= 0.6 is 0 Å². The van der Waals surface area contributed by atoms with Crippen LogP contribution in [-0.2, 0) is 6.18 Å². The zero-order chi connectivity index (χ0) is 22.3. The molecule has 12 heteroatoms. The molecule has 1 aliphatic heterocycles. The quantitative estimate of drug-likeness (QED) is 0.344. The predicted molar refractivity (Wildman–Crippen MR) is 102 cm³/mol. The Morgan fingerprint density at radius 2 is 2.03 bits per heavy atom. The summed E-state index contributed by atoms with van der Waals surface area (Å²) < 4.78 is 60.1.